The normalized spacial score (nSPS) is 14.3. The minimum absolute atomic E-state index is 0.0180. The lowest BCUT2D eigenvalue weighted by Gasteiger charge is -2.28. The molecule has 196 valence electrons. The Kier molecular flexibility index (Phi) is 7.38. The largest absolute Gasteiger partial charge is 0.416 e. The van der Waals surface area contributed by atoms with Crippen molar-refractivity contribution in [3.05, 3.63) is 65.9 Å². The molecule has 0 saturated carbocycles. The summed E-state index contributed by atoms with van der Waals surface area (Å²) in [5.74, 6) is 0.479. The monoisotopic (exact) mass is 526 g/mol. The Labute approximate surface area is 206 Å². The number of urea groups is 1. The van der Waals surface area contributed by atoms with Crippen LogP contribution in [0.3, 0.4) is 0 Å². The number of halogens is 6. The molecule has 0 unspecified atom stereocenters. The standard InChI is InChI=1S/C23H20F6N6O2/c24-22(25,26)14-9-15(23(27,28)29)11-18(10-14)33-21(36)32-17-3-1-16(2-4-17)31-20-12-19(13-30-34-20)35-5-7-37-8-6-35/h1-4,9-13H,5-8H2,(H,31,34)(H2,32,33,36). The van der Waals surface area contributed by atoms with Crippen molar-refractivity contribution in [2.45, 2.75) is 12.4 Å². The van der Waals surface area contributed by atoms with E-state index in [-0.39, 0.29) is 11.8 Å². The van der Waals surface area contributed by atoms with Gasteiger partial charge in [0.2, 0.25) is 0 Å². The minimum Gasteiger partial charge on any atom is -0.378 e. The highest BCUT2D eigenvalue weighted by atomic mass is 19.4. The summed E-state index contributed by atoms with van der Waals surface area (Å²) < 4.78 is 83.4. The fourth-order valence-electron chi connectivity index (χ4n) is 3.52. The summed E-state index contributed by atoms with van der Waals surface area (Å²) in [6.45, 7) is 2.69. The quantitative estimate of drug-likeness (QED) is 0.368. The Morgan fingerprint density at radius 1 is 0.811 bits per heavy atom. The van der Waals surface area contributed by atoms with E-state index in [2.05, 4.69) is 25.7 Å². The average molecular weight is 526 g/mol. The molecule has 8 nitrogen and oxygen atoms in total. The Morgan fingerprint density at radius 3 is 1.97 bits per heavy atom. The predicted molar refractivity (Wildman–Crippen MR) is 124 cm³/mol. The molecular weight excluding hydrogens is 506 g/mol. The molecule has 0 bridgehead atoms. The molecule has 4 rings (SSSR count). The molecule has 14 heteroatoms. The number of nitrogens with one attached hydrogen (secondary N) is 3. The van der Waals surface area contributed by atoms with Gasteiger partial charge in [-0.15, -0.1) is 5.10 Å². The summed E-state index contributed by atoms with van der Waals surface area (Å²) in [6.07, 6.45) is -8.41. The number of amides is 2. The zero-order valence-corrected chi connectivity index (χ0v) is 19.0. The van der Waals surface area contributed by atoms with Crippen LogP contribution in [0.15, 0.2) is 54.7 Å². The first-order chi connectivity index (χ1) is 17.5. The van der Waals surface area contributed by atoms with E-state index < -0.39 is 35.2 Å². The van der Waals surface area contributed by atoms with Crippen molar-refractivity contribution in [3.63, 3.8) is 0 Å². The lowest BCUT2D eigenvalue weighted by atomic mass is 10.1. The number of anilines is 5. The van der Waals surface area contributed by atoms with Crippen LogP contribution in [0, 0.1) is 0 Å². The Bertz CT molecular complexity index is 1210. The highest BCUT2D eigenvalue weighted by molar-refractivity contribution is 6.00. The molecule has 1 fully saturated rings. The first kappa shape index (κ1) is 26.0. The number of hydrogen-bond acceptors (Lipinski definition) is 6. The molecule has 3 aromatic rings. The summed E-state index contributed by atoms with van der Waals surface area (Å²) in [5.41, 5.74) is -2.00. The van der Waals surface area contributed by atoms with E-state index >= 15 is 0 Å². The number of carbonyl (C=O) groups excluding carboxylic acids is 1. The fourth-order valence-corrected chi connectivity index (χ4v) is 3.52. The number of carbonyl (C=O) groups is 1. The van der Waals surface area contributed by atoms with E-state index in [9.17, 15) is 31.1 Å². The van der Waals surface area contributed by atoms with Crippen LogP contribution in [0.2, 0.25) is 0 Å². The van der Waals surface area contributed by atoms with Crippen molar-refractivity contribution < 1.29 is 35.9 Å². The highest BCUT2D eigenvalue weighted by Crippen LogP contribution is 2.37. The summed E-state index contributed by atoms with van der Waals surface area (Å²) in [5, 5.41) is 15.5. The number of alkyl halides is 6. The Hall–Kier alpha value is -4.07. The van der Waals surface area contributed by atoms with Crippen LogP contribution in [-0.4, -0.2) is 42.5 Å². The van der Waals surface area contributed by atoms with Crippen LogP contribution in [0.5, 0.6) is 0 Å². The number of morpholine rings is 1. The number of hydrogen-bond donors (Lipinski definition) is 3. The number of ether oxygens (including phenoxy) is 1. The van der Waals surface area contributed by atoms with Crippen LogP contribution in [0.25, 0.3) is 0 Å². The molecule has 37 heavy (non-hydrogen) atoms. The van der Waals surface area contributed by atoms with Crippen molar-refractivity contribution in [2.75, 3.05) is 47.2 Å². The molecule has 2 aromatic carbocycles. The zero-order chi connectivity index (χ0) is 26.6. The summed E-state index contributed by atoms with van der Waals surface area (Å²) >= 11 is 0. The van der Waals surface area contributed by atoms with Gasteiger partial charge in [-0.3, -0.25) is 0 Å². The second-order valence-corrected chi connectivity index (χ2v) is 7.97. The zero-order valence-electron chi connectivity index (χ0n) is 19.0. The minimum atomic E-state index is -5.02. The average Bonchev–Trinajstić information content (AvgIpc) is 2.85. The van der Waals surface area contributed by atoms with Crippen LogP contribution < -0.4 is 20.9 Å². The number of benzene rings is 2. The van der Waals surface area contributed by atoms with Crippen molar-refractivity contribution in [1.29, 1.82) is 0 Å². The van der Waals surface area contributed by atoms with E-state index in [0.717, 1.165) is 18.8 Å². The van der Waals surface area contributed by atoms with Gasteiger partial charge in [0, 0.05) is 36.2 Å². The molecular formula is C23H20F6N6O2. The van der Waals surface area contributed by atoms with Crippen molar-refractivity contribution in [1.82, 2.24) is 10.2 Å². The maximum absolute atomic E-state index is 13.0. The van der Waals surface area contributed by atoms with Crippen LogP contribution in [0.4, 0.5) is 59.7 Å². The van der Waals surface area contributed by atoms with Crippen molar-refractivity contribution in [3.8, 4) is 0 Å². The molecule has 2 amide bonds. The first-order valence-electron chi connectivity index (χ1n) is 10.9. The van der Waals surface area contributed by atoms with E-state index in [1.165, 1.54) is 12.1 Å². The summed E-state index contributed by atoms with van der Waals surface area (Å²) in [4.78, 5) is 14.3. The van der Waals surface area contributed by atoms with E-state index in [1.807, 2.05) is 11.4 Å². The third-order valence-corrected chi connectivity index (χ3v) is 5.28. The maximum Gasteiger partial charge on any atom is 0.416 e. The molecule has 0 spiro atoms. The second kappa shape index (κ2) is 10.5. The topological polar surface area (TPSA) is 91.4 Å². The maximum atomic E-state index is 13.0. The molecule has 1 aliphatic rings. The van der Waals surface area contributed by atoms with Gasteiger partial charge in [-0.1, -0.05) is 0 Å². The molecule has 1 saturated heterocycles. The van der Waals surface area contributed by atoms with Crippen molar-refractivity contribution >= 4 is 34.6 Å². The van der Waals surface area contributed by atoms with Gasteiger partial charge in [0.25, 0.3) is 0 Å². The van der Waals surface area contributed by atoms with Gasteiger partial charge in [-0.05, 0) is 42.5 Å². The van der Waals surface area contributed by atoms with Crippen LogP contribution in [0.1, 0.15) is 11.1 Å². The van der Waals surface area contributed by atoms with Gasteiger partial charge in [-0.25, -0.2) is 4.79 Å². The van der Waals surface area contributed by atoms with E-state index in [1.54, 1.807) is 18.3 Å². The second-order valence-electron chi connectivity index (χ2n) is 7.97. The summed E-state index contributed by atoms with van der Waals surface area (Å²) in [6, 6.07) is 7.83. The number of rotatable bonds is 5. The van der Waals surface area contributed by atoms with Gasteiger partial charge in [-0.2, -0.15) is 31.4 Å². The third kappa shape index (κ3) is 7.00. The van der Waals surface area contributed by atoms with Gasteiger partial charge < -0.3 is 25.6 Å². The Morgan fingerprint density at radius 2 is 1.38 bits per heavy atom. The summed E-state index contributed by atoms with van der Waals surface area (Å²) in [7, 11) is 0. The molecule has 0 aliphatic carbocycles. The molecule has 3 N–H and O–H groups in total. The first-order valence-corrected chi connectivity index (χ1v) is 10.9. The highest BCUT2D eigenvalue weighted by Gasteiger charge is 2.37. The van der Waals surface area contributed by atoms with Crippen molar-refractivity contribution in [2.24, 2.45) is 0 Å². The number of aromatic nitrogens is 2. The molecule has 1 aromatic heterocycles. The lowest BCUT2D eigenvalue weighted by molar-refractivity contribution is -0.143. The number of nitrogens with zero attached hydrogens (tertiary/aromatic N) is 3. The molecule has 0 atom stereocenters. The van der Waals surface area contributed by atoms with Gasteiger partial charge in [0.15, 0.2) is 5.82 Å². The van der Waals surface area contributed by atoms with E-state index in [0.29, 0.717) is 36.9 Å². The molecule has 2 heterocycles. The molecule has 0 radical (unpaired) electrons. The third-order valence-electron chi connectivity index (χ3n) is 5.28. The van der Waals surface area contributed by atoms with Crippen LogP contribution >= 0.6 is 0 Å². The van der Waals surface area contributed by atoms with Gasteiger partial charge >= 0.3 is 18.4 Å². The predicted octanol–water partition coefficient (Wildman–Crippen LogP) is 5.74. The fraction of sp³-hybridized carbons (Fsp3) is 0.261. The van der Waals surface area contributed by atoms with Gasteiger partial charge in [0.1, 0.15) is 0 Å². The smallest absolute Gasteiger partial charge is 0.378 e. The van der Waals surface area contributed by atoms with Gasteiger partial charge in [0.05, 0.1) is 36.2 Å². The van der Waals surface area contributed by atoms with E-state index in [4.69, 9.17) is 4.74 Å². The Balaban J connectivity index is 1.40. The van der Waals surface area contributed by atoms with Crippen LogP contribution in [-0.2, 0) is 17.1 Å². The SMILES string of the molecule is O=C(Nc1ccc(Nc2cc(N3CCOCC3)cnn2)cc1)Nc1cc(C(F)(F)F)cc(C(F)(F)F)c1. The molecule has 1 aliphatic heterocycles. The lowest BCUT2D eigenvalue weighted by Crippen LogP contribution is -2.36.